The molecule has 0 aliphatic carbocycles. The van der Waals surface area contributed by atoms with Gasteiger partial charge in [0.05, 0.1) is 24.0 Å². The highest BCUT2D eigenvalue weighted by Gasteiger charge is 2.25. The third kappa shape index (κ3) is 5.45. The second-order valence-corrected chi connectivity index (χ2v) is 7.59. The van der Waals surface area contributed by atoms with Crippen LogP contribution in [0.1, 0.15) is 29.8 Å². The fraction of sp³-hybridized carbons (Fsp3) is 0.500. The maximum Gasteiger partial charge on any atom is 0.337 e. The lowest BCUT2D eigenvalue weighted by Gasteiger charge is -2.25. The van der Waals surface area contributed by atoms with Crippen LogP contribution in [0.25, 0.3) is 0 Å². The first-order valence-corrected chi connectivity index (χ1v) is 8.00. The number of esters is 1. The van der Waals surface area contributed by atoms with Crippen molar-refractivity contribution in [2.75, 3.05) is 20.7 Å². The fourth-order valence-electron chi connectivity index (χ4n) is 1.82. The van der Waals surface area contributed by atoms with Crippen LogP contribution in [0.5, 0.6) is 0 Å². The molecular weight excluding hydrogens is 294 g/mol. The minimum atomic E-state index is -3.53. The van der Waals surface area contributed by atoms with E-state index < -0.39 is 21.6 Å². The predicted octanol–water partition coefficient (Wildman–Crippen LogP) is 1.01. The van der Waals surface area contributed by atoms with Crippen LogP contribution in [0.2, 0.25) is 0 Å². The molecule has 0 aliphatic heterocycles. The molecule has 0 fully saturated rings. The minimum absolute atomic E-state index is 0.00950. The number of hydrogen-bond acceptors (Lipinski definition) is 5. The molecule has 7 heteroatoms. The average molecular weight is 315 g/mol. The van der Waals surface area contributed by atoms with Crippen molar-refractivity contribution < 1.29 is 23.1 Å². The summed E-state index contributed by atoms with van der Waals surface area (Å²) in [5.74, 6) is -0.662. The van der Waals surface area contributed by atoms with E-state index in [4.69, 9.17) is 0 Å². The Hall–Kier alpha value is -1.44. The summed E-state index contributed by atoms with van der Waals surface area (Å²) >= 11 is 0. The van der Waals surface area contributed by atoms with E-state index in [-0.39, 0.29) is 12.3 Å². The van der Waals surface area contributed by atoms with Crippen molar-refractivity contribution in [3.05, 3.63) is 35.4 Å². The molecule has 1 rings (SSSR count). The molecule has 1 aromatic carbocycles. The van der Waals surface area contributed by atoms with Gasteiger partial charge in [-0.2, -0.15) is 0 Å². The zero-order valence-electron chi connectivity index (χ0n) is 12.7. The van der Waals surface area contributed by atoms with Crippen LogP contribution in [0.15, 0.2) is 24.3 Å². The van der Waals surface area contributed by atoms with Gasteiger partial charge < -0.3 is 9.84 Å². The van der Waals surface area contributed by atoms with Crippen molar-refractivity contribution in [1.29, 1.82) is 0 Å². The molecule has 0 atom stereocenters. The molecule has 1 N–H and O–H groups in total. The molecule has 0 amide bonds. The second kappa shape index (κ2) is 6.55. The smallest absolute Gasteiger partial charge is 0.337 e. The molecule has 0 heterocycles. The van der Waals surface area contributed by atoms with Crippen LogP contribution >= 0.6 is 0 Å². The van der Waals surface area contributed by atoms with E-state index in [1.807, 2.05) is 0 Å². The second-order valence-electron chi connectivity index (χ2n) is 5.51. The van der Waals surface area contributed by atoms with Gasteiger partial charge in [0.2, 0.25) is 10.0 Å². The first-order valence-electron chi connectivity index (χ1n) is 6.39. The van der Waals surface area contributed by atoms with E-state index in [0.717, 1.165) is 4.31 Å². The molecule has 0 aromatic heterocycles. The van der Waals surface area contributed by atoms with E-state index in [2.05, 4.69) is 4.74 Å². The number of aliphatic hydroxyl groups is 1. The Morgan fingerprint density at radius 2 is 1.81 bits per heavy atom. The fourth-order valence-corrected chi connectivity index (χ4v) is 3.17. The number of carbonyl (C=O) groups excluding carboxylic acids is 1. The summed E-state index contributed by atoms with van der Waals surface area (Å²) in [5.41, 5.74) is -0.176. The molecule has 0 saturated heterocycles. The average Bonchev–Trinajstić information content (AvgIpc) is 2.36. The number of benzene rings is 1. The van der Waals surface area contributed by atoms with Crippen molar-refractivity contribution in [2.24, 2.45) is 0 Å². The Bertz CT molecular complexity index is 587. The molecule has 0 aliphatic rings. The maximum atomic E-state index is 12.2. The van der Waals surface area contributed by atoms with Gasteiger partial charge in [-0.15, -0.1) is 0 Å². The highest BCUT2D eigenvalue weighted by atomic mass is 32.2. The van der Waals surface area contributed by atoms with Crippen molar-refractivity contribution in [3.63, 3.8) is 0 Å². The first-order chi connectivity index (χ1) is 9.55. The zero-order valence-corrected chi connectivity index (χ0v) is 13.5. The summed E-state index contributed by atoms with van der Waals surface area (Å²) in [5, 5.41) is 9.68. The SMILES string of the molecule is COC(=O)c1ccc(CS(=O)(=O)N(C)CC(C)(C)O)cc1. The third-order valence-electron chi connectivity index (χ3n) is 2.81. The number of rotatable bonds is 6. The Balaban J connectivity index is 2.82. The lowest BCUT2D eigenvalue weighted by atomic mass is 10.1. The standard InChI is InChI=1S/C14H21NO5S/c1-14(2,17)10-15(3)21(18,19)9-11-5-7-12(8-6-11)13(16)20-4/h5-8,17H,9-10H2,1-4H3. The van der Waals surface area contributed by atoms with Crippen molar-refractivity contribution in [1.82, 2.24) is 4.31 Å². The monoisotopic (exact) mass is 315 g/mol. The number of sulfonamides is 1. The van der Waals surface area contributed by atoms with E-state index in [1.165, 1.54) is 26.3 Å². The van der Waals surface area contributed by atoms with Crippen LogP contribution in [0, 0.1) is 0 Å². The van der Waals surface area contributed by atoms with Gasteiger partial charge in [0.15, 0.2) is 0 Å². The van der Waals surface area contributed by atoms with Gasteiger partial charge in [0, 0.05) is 13.6 Å². The van der Waals surface area contributed by atoms with Gasteiger partial charge in [-0.25, -0.2) is 17.5 Å². The highest BCUT2D eigenvalue weighted by Crippen LogP contribution is 2.14. The van der Waals surface area contributed by atoms with Crippen LogP contribution in [-0.2, 0) is 20.5 Å². The molecule has 118 valence electrons. The summed E-state index contributed by atoms with van der Waals surface area (Å²) in [6, 6.07) is 6.18. The van der Waals surface area contributed by atoms with E-state index in [1.54, 1.807) is 26.0 Å². The van der Waals surface area contributed by atoms with Crippen molar-refractivity contribution in [2.45, 2.75) is 25.2 Å². The normalized spacial score (nSPS) is 12.5. The van der Waals surface area contributed by atoms with Crippen LogP contribution < -0.4 is 0 Å². The van der Waals surface area contributed by atoms with Crippen molar-refractivity contribution >= 4 is 16.0 Å². The number of methoxy groups -OCH3 is 1. The molecular formula is C14H21NO5S. The van der Waals surface area contributed by atoms with Gasteiger partial charge in [0.25, 0.3) is 0 Å². The van der Waals surface area contributed by atoms with Crippen molar-refractivity contribution in [3.8, 4) is 0 Å². The summed E-state index contributed by atoms with van der Waals surface area (Å²) < 4.78 is 30.1. The zero-order chi connectivity index (χ0) is 16.3. The number of carbonyl (C=O) groups is 1. The van der Waals surface area contributed by atoms with Gasteiger partial charge in [-0.1, -0.05) is 12.1 Å². The number of ether oxygens (including phenoxy) is 1. The Kier molecular flexibility index (Phi) is 5.49. The minimum Gasteiger partial charge on any atom is -0.465 e. The molecule has 21 heavy (non-hydrogen) atoms. The van der Waals surface area contributed by atoms with Gasteiger partial charge in [0.1, 0.15) is 0 Å². The van der Waals surface area contributed by atoms with Gasteiger partial charge in [-0.3, -0.25) is 0 Å². The summed E-state index contributed by atoms with van der Waals surface area (Å²) in [4.78, 5) is 11.3. The number of nitrogens with zero attached hydrogens (tertiary/aromatic N) is 1. The summed E-state index contributed by atoms with van der Waals surface area (Å²) in [6.07, 6.45) is 0. The van der Waals surface area contributed by atoms with Crippen LogP contribution in [0.3, 0.4) is 0 Å². The van der Waals surface area contributed by atoms with Gasteiger partial charge >= 0.3 is 5.97 Å². The molecule has 0 unspecified atom stereocenters. The largest absolute Gasteiger partial charge is 0.465 e. The maximum absolute atomic E-state index is 12.2. The van der Waals surface area contributed by atoms with Crippen LogP contribution in [0.4, 0.5) is 0 Å². The molecule has 6 nitrogen and oxygen atoms in total. The summed E-state index contributed by atoms with van der Waals surface area (Å²) in [6.45, 7) is 3.10. The molecule has 1 aromatic rings. The quantitative estimate of drug-likeness (QED) is 0.792. The first kappa shape index (κ1) is 17.6. The lowest BCUT2D eigenvalue weighted by Crippen LogP contribution is -2.40. The summed E-state index contributed by atoms with van der Waals surface area (Å²) in [7, 11) is -0.817. The topological polar surface area (TPSA) is 83.9 Å². The van der Waals surface area contributed by atoms with Gasteiger partial charge in [-0.05, 0) is 31.5 Å². The molecule has 0 bridgehead atoms. The number of hydrogen-bond donors (Lipinski definition) is 1. The Morgan fingerprint density at radius 3 is 2.24 bits per heavy atom. The lowest BCUT2D eigenvalue weighted by molar-refractivity contribution is 0.0599. The molecule has 0 radical (unpaired) electrons. The van der Waals surface area contributed by atoms with Crippen LogP contribution in [-0.4, -0.2) is 50.1 Å². The highest BCUT2D eigenvalue weighted by molar-refractivity contribution is 7.88. The Morgan fingerprint density at radius 1 is 1.29 bits per heavy atom. The van der Waals surface area contributed by atoms with E-state index >= 15 is 0 Å². The molecule has 0 saturated carbocycles. The Labute approximate surface area is 125 Å². The van der Waals surface area contributed by atoms with E-state index in [0.29, 0.717) is 11.1 Å². The predicted molar refractivity (Wildman–Crippen MR) is 79.3 cm³/mol. The number of likely N-dealkylation sites (N-methyl/N-ethyl adjacent to an activating group) is 1. The van der Waals surface area contributed by atoms with E-state index in [9.17, 15) is 18.3 Å². The third-order valence-corrected chi connectivity index (χ3v) is 4.59. The molecule has 0 spiro atoms.